The lowest BCUT2D eigenvalue weighted by Crippen LogP contribution is -2.12. The van der Waals surface area contributed by atoms with E-state index in [1.165, 1.54) is 11.8 Å². The maximum absolute atomic E-state index is 13.6. The second-order valence-electron chi connectivity index (χ2n) is 4.87. The average molecular weight is 306 g/mol. The van der Waals surface area contributed by atoms with Gasteiger partial charge in [-0.3, -0.25) is 4.99 Å². The molecule has 0 bridgehead atoms. The van der Waals surface area contributed by atoms with E-state index in [4.69, 9.17) is 0 Å². The predicted octanol–water partition coefficient (Wildman–Crippen LogP) is 4.38. The highest BCUT2D eigenvalue weighted by molar-refractivity contribution is 8.14. The molecule has 1 aliphatic rings. The van der Waals surface area contributed by atoms with Gasteiger partial charge in [0.1, 0.15) is 5.82 Å². The van der Waals surface area contributed by atoms with Crippen LogP contribution in [0.25, 0.3) is 0 Å². The Morgan fingerprint density at radius 2 is 2.05 bits per heavy atom. The predicted molar refractivity (Wildman–Crippen MR) is 73.5 cm³/mol. The van der Waals surface area contributed by atoms with Crippen LogP contribution in [0.15, 0.2) is 23.2 Å². The number of aliphatic imine (C=N–C) groups is 1. The summed E-state index contributed by atoms with van der Waals surface area (Å²) in [4.78, 5) is 4.34. The highest BCUT2D eigenvalue weighted by Crippen LogP contribution is 2.32. The monoisotopic (exact) mass is 306 g/mol. The first-order chi connectivity index (χ1) is 9.27. The van der Waals surface area contributed by atoms with Gasteiger partial charge in [-0.05, 0) is 24.1 Å². The topological polar surface area (TPSA) is 24.4 Å². The molecule has 20 heavy (non-hydrogen) atoms. The van der Waals surface area contributed by atoms with Crippen LogP contribution in [0.1, 0.15) is 19.4 Å². The summed E-state index contributed by atoms with van der Waals surface area (Å²) in [6.07, 6.45) is -4.49. The Hall–Kier alpha value is -1.24. The van der Waals surface area contributed by atoms with Crippen molar-refractivity contribution in [1.29, 1.82) is 0 Å². The third-order valence-corrected chi connectivity index (χ3v) is 3.97. The summed E-state index contributed by atoms with van der Waals surface area (Å²) < 4.78 is 51.4. The van der Waals surface area contributed by atoms with Crippen LogP contribution in [0.3, 0.4) is 0 Å². The summed E-state index contributed by atoms with van der Waals surface area (Å²) in [5.41, 5.74) is -1.08. The zero-order chi connectivity index (χ0) is 14.9. The highest BCUT2D eigenvalue weighted by atomic mass is 32.2. The molecule has 0 fully saturated rings. The first-order valence-corrected chi connectivity index (χ1v) is 7.10. The van der Waals surface area contributed by atoms with E-state index in [2.05, 4.69) is 10.3 Å². The molecule has 1 atom stereocenters. The fourth-order valence-electron chi connectivity index (χ4n) is 1.71. The van der Waals surface area contributed by atoms with Crippen molar-refractivity contribution in [2.24, 2.45) is 10.9 Å². The molecule has 0 aliphatic carbocycles. The molecule has 0 amide bonds. The maximum atomic E-state index is 13.6. The van der Waals surface area contributed by atoms with E-state index < -0.39 is 17.6 Å². The summed E-state index contributed by atoms with van der Waals surface area (Å²) >= 11 is 1.39. The third-order valence-electron chi connectivity index (χ3n) is 2.98. The van der Waals surface area contributed by atoms with Crippen molar-refractivity contribution in [1.82, 2.24) is 0 Å². The molecule has 2 rings (SSSR count). The van der Waals surface area contributed by atoms with E-state index in [0.717, 1.165) is 24.0 Å². The number of benzene rings is 1. The van der Waals surface area contributed by atoms with Gasteiger partial charge in [-0.2, -0.15) is 13.2 Å². The molecule has 1 aromatic carbocycles. The van der Waals surface area contributed by atoms with Gasteiger partial charge in [-0.1, -0.05) is 25.6 Å². The summed E-state index contributed by atoms with van der Waals surface area (Å²) in [6, 6.07) is 2.41. The minimum atomic E-state index is -4.49. The Balaban J connectivity index is 2.20. The quantitative estimate of drug-likeness (QED) is 0.820. The summed E-state index contributed by atoms with van der Waals surface area (Å²) in [5.74, 6) is 0.364. The molecule has 0 aromatic heterocycles. The lowest BCUT2D eigenvalue weighted by molar-refractivity contribution is -0.137. The Kier molecular flexibility index (Phi) is 4.27. The van der Waals surface area contributed by atoms with Gasteiger partial charge in [0.2, 0.25) is 0 Å². The molecule has 1 N–H and O–H groups in total. The summed E-state index contributed by atoms with van der Waals surface area (Å²) in [6.45, 7) is 4.03. The molecule has 2 nitrogen and oxygen atoms in total. The number of anilines is 1. The standard InChI is InChI=1S/C13H14F4N2S/c1-7(2)11-6-20-12(19-11)18-10-5-8(13(15,16)17)3-4-9(10)14/h3-5,7,11H,6H2,1-2H3,(H,18,19)/t11-/m1/s1. The fourth-order valence-corrected chi connectivity index (χ4v) is 2.89. The van der Waals surface area contributed by atoms with Gasteiger partial charge < -0.3 is 5.32 Å². The average Bonchev–Trinajstić information content (AvgIpc) is 2.79. The minimum absolute atomic E-state index is 0.108. The summed E-state index contributed by atoms with van der Waals surface area (Å²) in [7, 11) is 0. The van der Waals surface area contributed by atoms with Crippen LogP contribution in [0, 0.1) is 11.7 Å². The number of nitrogens with one attached hydrogen (secondary N) is 1. The van der Waals surface area contributed by atoms with Crippen LogP contribution >= 0.6 is 11.8 Å². The zero-order valence-corrected chi connectivity index (χ0v) is 11.8. The number of alkyl halides is 3. The molecule has 0 saturated heterocycles. The molecule has 0 saturated carbocycles. The van der Waals surface area contributed by atoms with Crippen molar-refractivity contribution in [3.05, 3.63) is 29.6 Å². The second kappa shape index (κ2) is 5.63. The Morgan fingerprint density at radius 3 is 2.60 bits per heavy atom. The van der Waals surface area contributed by atoms with E-state index in [-0.39, 0.29) is 11.7 Å². The van der Waals surface area contributed by atoms with E-state index in [1.807, 2.05) is 13.8 Å². The zero-order valence-electron chi connectivity index (χ0n) is 11.0. The molecule has 7 heteroatoms. The lowest BCUT2D eigenvalue weighted by atomic mass is 10.1. The minimum Gasteiger partial charge on any atom is -0.333 e. The van der Waals surface area contributed by atoms with Crippen molar-refractivity contribution < 1.29 is 17.6 Å². The van der Waals surface area contributed by atoms with Crippen LogP contribution in [0.5, 0.6) is 0 Å². The van der Waals surface area contributed by atoms with Gasteiger partial charge in [0.25, 0.3) is 0 Å². The normalized spacial score (nSPS) is 19.4. The Morgan fingerprint density at radius 1 is 1.35 bits per heavy atom. The van der Waals surface area contributed by atoms with E-state index in [1.54, 1.807) is 0 Å². The van der Waals surface area contributed by atoms with Gasteiger partial charge in [0.15, 0.2) is 5.17 Å². The Labute approximate surface area is 118 Å². The number of nitrogens with zero attached hydrogens (tertiary/aromatic N) is 1. The van der Waals surface area contributed by atoms with Crippen molar-refractivity contribution in [2.45, 2.75) is 26.1 Å². The molecule has 0 radical (unpaired) electrons. The molecule has 1 aliphatic heterocycles. The lowest BCUT2D eigenvalue weighted by Gasteiger charge is -2.11. The molecular formula is C13H14F4N2S. The summed E-state index contributed by atoms with van der Waals surface area (Å²) in [5, 5.41) is 3.10. The van der Waals surface area contributed by atoms with Gasteiger partial charge in [0, 0.05) is 5.75 Å². The van der Waals surface area contributed by atoms with Crippen LogP contribution in [0.4, 0.5) is 23.2 Å². The van der Waals surface area contributed by atoms with Crippen LogP contribution in [-0.4, -0.2) is 17.0 Å². The number of rotatable bonds is 2. The molecule has 1 heterocycles. The number of thioether (sulfide) groups is 1. The number of halogens is 4. The van der Waals surface area contributed by atoms with E-state index in [0.29, 0.717) is 11.1 Å². The van der Waals surface area contributed by atoms with Crippen LogP contribution in [0.2, 0.25) is 0 Å². The highest BCUT2D eigenvalue weighted by Gasteiger charge is 2.31. The van der Waals surface area contributed by atoms with Crippen molar-refractivity contribution in [3.63, 3.8) is 0 Å². The third kappa shape index (κ3) is 3.45. The maximum Gasteiger partial charge on any atom is 0.416 e. The van der Waals surface area contributed by atoms with E-state index in [9.17, 15) is 17.6 Å². The first kappa shape index (κ1) is 15.2. The van der Waals surface area contributed by atoms with Crippen molar-refractivity contribution >= 4 is 22.6 Å². The largest absolute Gasteiger partial charge is 0.416 e. The molecule has 0 unspecified atom stereocenters. The van der Waals surface area contributed by atoms with Crippen LogP contribution in [-0.2, 0) is 6.18 Å². The molecule has 0 spiro atoms. The van der Waals surface area contributed by atoms with Gasteiger partial charge in [0.05, 0.1) is 17.3 Å². The second-order valence-corrected chi connectivity index (χ2v) is 5.88. The van der Waals surface area contributed by atoms with Crippen LogP contribution < -0.4 is 5.32 Å². The molecule has 1 aromatic rings. The smallest absolute Gasteiger partial charge is 0.333 e. The fraction of sp³-hybridized carbons (Fsp3) is 0.462. The molecular weight excluding hydrogens is 292 g/mol. The van der Waals surface area contributed by atoms with E-state index >= 15 is 0 Å². The number of amidine groups is 1. The number of hydrogen-bond donors (Lipinski definition) is 1. The Bertz CT molecular complexity index is 526. The molecule has 110 valence electrons. The number of hydrogen-bond acceptors (Lipinski definition) is 3. The SMILES string of the molecule is CC(C)[C@H]1CSC(Nc2cc(C(F)(F)F)ccc2F)=N1. The first-order valence-electron chi connectivity index (χ1n) is 6.11. The van der Waals surface area contributed by atoms with Crippen molar-refractivity contribution in [3.8, 4) is 0 Å². The van der Waals surface area contributed by atoms with Gasteiger partial charge in [-0.15, -0.1) is 0 Å². The van der Waals surface area contributed by atoms with Crippen molar-refractivity contribution in [2.75, 3.05) is 11.1 Å². The van der Waals surface area contributed by atoms with Gasteiger partial charge in [-0.25, -0.2) is 4.39 Å². The van der Waals surface area contributed by atoms with Gasteiger partial charge >= 0.3 is 6.18 Å².